The van der Waals surface area contributed by atoms with Gasteiger partial charge in [-0.25, -0.2) is 0 Å². The van der Waals surface area contributed by atoms with E-state index in [1.807, 2.05) is 0 Å². The van der Waals surface area contributed by atoms with Gasteiger partial charge in [-0.3, -0.25) is 0 Å². The van der Waals surface area contributed by atoms with Gasteiger partial charge >= 0.3 is 0 Å². The van der Waals surface area contributed by atoms with Crippen LogP contribution in [0.3, 0.4) is 0 Å². The molecule has 0 fully saturated rings. The Balaban J connectivity index is 2.39. The third-order valence-corrected chi connectivity index (χ3v) is 8.27. The van der Waals surface area contributed by atoms with Crippen LogP contribution in [0.2, 0.25) is 18.1 Å². The molecule has 0 saturated carbocycles. The van der Waals surface area contributed by atoms with Gasteiger partial charge in [0.05, 0.1) is 6.67 Å². The minimum atomic E-state index is -1.57. The molecule has 2 N–H and O–H groups in total. The molecule has 0 amide bonds. The molecule has 94 valence electrons. The van der Waals surface area contributed by atoms with Gasteiger partial charge in [-0.05, 0) is 25.1 Å². The predicted octanol–water partition coefficient (Wildman–Crippen LogP) is 2.78. The van der Waals surface area contributed by atoms with Gasteiger partial charge in [-0.15, -0.1) is 0 Å². The predicted molar refractivity (Wildman–Crippen MR) is 71.6 cm³/mol. The first-order chi connectivity index (χ1) is 7.24. The molecule has 4 heteroatoms. The van der Waals surface area contributed by atoms with Crippen LogP contribution in [-0.4, -0.2) is 21.6 Å². The summed E-state index contributed by atoms with van der Waals surface area (Å²) in [7, 11) is -1.57. The van der Waals surface area contributed by atoms with E-state index in [4.69, 9.17) is 4.43 Å². The van der Waals surface area contributed by atoms with Gasteiger partial charge in [-0.2, -0.15) is 0 Å². The monoisotopic (exact) mass is 242 g/mol. The smallest absolute Gasteiger partial charge is 0.191 e. The Morgan fingerprint density at radius 1 is 1.25 bits per heavy atom. The fraction of sp³-hybridized carbons (Fsp3) is 0.833. The van der Waals surface area contributed by atoms with E-state index < -0.39 is 8.32 Å². The molecule has 0 radical (unpaired) electrons. The summed E-state index contributed by atoms with van der Waals surface area (Å²) in [5.41, 5.74) is 2.57. The van der Waals surface area contributed by atoms with Crippen molar-refractivity contribution in [2.24, 2.45) is 0 Å². The molecule has 0 spiro atoms. The van der Waals surface area contributed by atoms with Crippen molar-refractivity contribution in [3.05, 3.63) is 11.4 Å². The number of nitrogens with one attached hydrogen (secondary N) is 2. The summed E-state index contributed by atoms with van der Waals surface area (Å²) in [6, 6.07) is 0. The van der Waals surface area contributed by atoms with Gasteiger partial charge in [0.2, 0.25) is 0 Å². The molecule has 0 aromatic carbocycles. The molecule has 0 unspecified atom stereocenters. The van der Waals surface area contributed by atoms with E-state index in [1.54, 1.807) is 0 Å². The molecule has 16 heavy (non-hydrogen) atoms. The highest BCUT2D eigenvalue weighted by Crippen LogP contribution is 2.36. The highest BCUT2D eigenvalue weighted by Gasteiger charge is 2.36. The number of rotatable bonds is 4. The first kappa shape index (κ1) is 13.6. The molecular weight excluding hydrogens is 216 g/mol. The van der Waals surface area contributed by atoms with E-state index in [-0.39, 0.29) is 0 Å². The van der Waals surface area contributed by atoms with E-state index >= 15 is 0 Å². The van der Waals surface area contributed by atoms with Crippen molar-refractivity contribution >= 4 is 8.32 Å². The van der Waals surface area contributed by atoms with E-state index in [0.717, 1.165) is 19.7 Å². The van der Waals surface area contributed by atoms with E-state index in [9.17, 15) is 0 Å². The molecule has 0 aliphatic carbocycles. The Labute approximate surface area is 101 Å². The lowest BCUT2D eigenvalue weighted by Gasteiger charge is -2.36. The molecule has 1 aliphatic heterocycles. The van der Waals surface area contributed by atoms with E-state index in [2.05, 4.69) is 51.4 Å². The quantitative estimate of drug-likeness (QED) is 0.744. The van der Waals surface area contributed by atoms with Crippen LogP contribution in [-0.2, 0) is 4.43 Å². The zero-order valence-electron chi connectivity index (χ0n) is 11.5. The average Bonchev–Trinajstić information content (AvgIpc) is 2.49. The molecule has 3 nitrogen and oxygen atoms in total. The molecule has 1 rings (SSSR count). The van der Waals surface area contributed by atoms with Crippen molar-refractivity contribution < 1.29 is 4.43 Å². The summed E-state index contributed by atoms with van der Waals surface area (Å²) in [5, 5.41) is 6.91. The number of hydrogen-bond acceptors (Lipinski definition) is 3. The zero-order chi connectivity index (χ0) is 12.4. The largest absolute Gasteiger partial charge is 0.416 e. The lowest BCUT2D eigenvalue weighted by atomic mass is 10.2. The topological polar surface area (TPSA) is 33.3 Å². The van der Waals surface area contributed by atoms with E-state index in [0.29, 0.717) is 5.04 Å². The second-order valence-electron chi connectivity index (χ2n) is 5.99. The van der Waals surface area contributed by atoms with Crippen LogP contribution in [0.25, 0.3) is 0 Å². The minimum absolute atomic E-state index is 0.303. The Morgan fingerprint density at radius 3 is 2.31 bits per heavy atom. The maximum absolute atomic E-state index is 6.14. The van der Waals surface area contributed by atoms with Crippen molar-refractivity contribution in [3.63, 3.8) is 0 Å². The Bertz CT molecular complexity index is 279. The Hall–Kier alpha value is -0.483. The SMILES string of the molecule is CC1=C(CCO[Si](C)(C)C(C)(C)C)NCN1. The minimum Gasteiger partial charge on any atom is -0.416 e. The standard InChI is InChI=1S/C12H26N2OSi/c1-10-11(14-9-13-10)7-8-15-16(5,6)12(2,3)4/h13-14H,7-9H2,1-6H3. The third kappa shape index (κ3) is 3.25. The number of hydrogen-bond donors (Lipinski definition) is 2. The van der Waals surface area contributed by atoms with Crippen LogP contribution in [0.5, 0.6) is 0 Å². The summed E-state index contributed by atoms with van der Waals surface area (Å²) in [6.45, 7) is 15.2. The summed E-state index contributed by atoms with van der Waals surface area (Å²) in [5.74, 6) is 0. The Kier molecular flexibility index (Phi) is 4.07. The van der Waals surface area contributed by atoms with Gasteiger partial charge in [0.25, 0.3) is 0 Å². The van der Waals surface area contributed by atoms with Crippen LogP contribution >= 0.6 is 0 Å². The third-order valence-electron chi connectivity index (χ3n) is 3.73. The van der Waals surface area contributed by atoms with Crippen molar-refractivity contribution in [3.8, 4) is 0 Å². The summed E-state index contributed by atoms with van der Waals surface area (Å²) < 4.78 is 6.14. The highest BCUT2D eigenvalue weighted by atomic mass is 28.4. The first-order valence-electron chi connectivity index (χ1n) is 6.05. The first-order valence-corrected chi connectivity index (χ1v) is 8.96. The summed E-state index contributed by atoms with van der Waals surface area (Å²) in [4.78, 5) is 0. The normalized spacial score (nSPS) is 17.4. The lowest BCUT2D eigenvalue weighted by molar-refractivity contribution is 0.289. The van der Waals surface area contributed by atoms with Crippen molar-refractivity contribution in [2.75, 3.05) is 13.3 Å². The van der Waals surface area contributed by atoms with Crippen molar-refractivity contribution in [1.82, 2.24) is 10.6 Å². The van der Waals surface area contributed by atoms with Gasteiger partial charge < -0.3 is 15.1 Å². The van der Waals surface area contributed by atoms with Gasteiger partial charge in [0, 0.05) is 24.4 Å². The van der Waals surface area contributed by atoms with Crippen molar-refractivity contribution in [1.29, 1.82) is 0 Å². The fourth-order valence-electron chi connectivity index (χ4n) is 1.42. The number of allylic oxidation sites excluding steroid dienone is 1. The van der Waals surface area contributed by atoms with Crippen LogP contribution in [0.1, 0.15) is 34.1 Å². The van der Waals surface area contributed by atoms with Gasteiger partial charge in [-0.1, -0.05) is 20.8 Å². The molecule has 0 aromatic heterocycles. The Morgan fingerprint density at radius 2 is 1.88 bits per heavy atom. The molecular formula is C12H26N2OSi. The molecule has 0 aromatic rings. The van der Waals surface area contributed by atoms with Crippen LogP contribution in [0, 0.1) is 0 Å². The molecule has 1 aliphatic rings. The van der Waals surface area contributed by atoms with Crippen LogP contribution in [0.15, 0.2) is 11.4 Å². The maximum Gasteiger partial charge on any atom is 0.191 e. The van der Waals surface area contributed by atoms with Gasteiger partial charge in [0.15, 0.2) is 8.32 Å². The average molecular weight is 242 g/mol. The van der Waals surface area contributed by atoms with Gasteiger partial charge in [0.1, 0.15) is 0 Å². The lowest BCUT2D eigenvalue weighted by Crippen LogP contribution is -2.41. The molecule has 0 bridgehead atoms. The molecule has 0 atom stereocenters. The fourth-order valence-corrected chi connectivity index (χ4v) is 2.47. The highest BCUT2D eigenvalue weighted by molar-refractivity contribution is 6.74. The van der Waals surface area contributed by atoms with E-state index in [1.165, 1.54) is 11.4 Å². The summed E-state index contributed by atoms with van der Waals surface area (Å²) in [6.07, 6.45) is 0.991. The maximum atomic E-state index is 6.14. The zero-order valence-corrected chi connectivity index (χ0v) is 12.5. The van der Waals surface area contributed by atoms with Crippen molar-refractivity contribution in [2.45, 2.75) is 52.2 Å². The molecule has 0 saturated heterocycles. The second-order valence-corrected chi connectivity index (χ2v) is 10.8. The summed E-state index contributed by atoms with van der Waals surface area (Å²) >= 11 is 0. The second kappa shape index (κ2) is 4.80. The van der Waals surface area contributed by atoms with Crippen LogP contribution in [0.4, 0.5) is 0 Å². The van der Waals surface area contributed by atoms with Crippen LogP contribution < -0.4 is 10.6 Å². The molecule has 1 heterocycles.